The van der Waals surface area contributed by atoms with Crippen molar-refractivity contribution in [3.63, 3.8) is 0 Å². The Morgan fingerprint density at radius 2 is 1.12 bits per heavy atom. The Balaban J connectivity index is 0.674. The van der Waals surface area contributed by atoms with E-state index in [9.17, 15) is 14.4 Å². The highest BCUT2D eigenvalue weighted by atomic mass is 16.6. The monoisotopic (exact) mass is 1060 g/mol. The molecule has 2 aliphatic heterocycles. The number of nitrogens with one attached hydrogen (secondary N) is 2. The zero-order chi connectivity index (χ0) is 53.0. The fraction of sp³-hybridized carbons (Fsp3) is 0.750. The number of amides is 3. The number of carbonyl (C=O) groups is 3. The van der Waals surface area contributed by atoms with Gasteiger partial charge < -0.3 is 77.8 Å². The largest absolute Gasteiger partial charge is 0.382 e. The quantitative estimate of drug-likeness (QED) is 0.0542. The number of benzene rings is 1. The summed E-state index contributed by atoms with van der Waals surface area (Å²) in [5.41, 5.74) is 10.1. The lowest BCUT2D eigenvalue weighted by atomic mass is 10.1. The first-order valence-electron chi connectivity index (χ1n) is 26.9. The van der Waals surface area contributed by atoms with Crippen molar-refractivity contribution in [2.45, 2.75) is 46.0 Å². The lowest BCUT2D eigenvalue weighted by Gasteiger charge is -2.36. The number of nitrogens with two attached hydrogens (primary N) is 1. The number of anilines is 2. The normalized spacial score (nSPS) is 15.4. The summed E-state index contributed by atoms with van der Waals surface area (Å²) >= 11 is 0. The van der Waals surface area contributed by atoms with Crippen LogP contribution in [0.4, 0.5) is 11.5 Å². The molecular weight excluding hydrogens is 977 g/mol. The maximum Gasteiger partial charge on any atom is 0.232 e. The predicted molar refractivity (Wildman–Crippen MR) is 281 cm³/mol. The van der Waals surface area contributed by atoms with Crippen LogP contribution in [0.3, 0.4) is 0 Å². The first-order chi connectivity index (χ1) is 36.8. The summed E-state index contributed by atoms with van der Waals surface area (Å²) in [6.07, 6.45) is 3.61. The maximum absolute atomic E-state index is 11.9. The molecule has 1 aromatic carbocycles. The summed E-state index contributed by atoms with van der Waals surface area (Å²) in [6.45, 7) is 20.1. The molecular formula is C52H86N8O15. The number of aryl methyl sites for hydroxylation is 1. The van der Waals surface area contributed by atoms with E-state index in [4.69, 9.17) is 67.6 Å². The summed E-state index contributed by atoms with van der Waals surface area (Å²) in [5, 5.41) is 3.81. The number of nitrogens with zero attached hydrogens (tertiary/aromatic N) is 5. The molecule has 23 heteroatoms. The van der Waals surface area contributed by atoms with Gasteiger partial charge in [-0.15, -0.1) is 0 Å². The molecule has 0 aliphatic carbocycles. The van der Waals surface area contributed by atoms with Crippen molar-refractivity contribution in [1.82, 2.24) is 30.1 Å². The fourth-order valence-electron chi connectivity index (χ4n) is 8.04. The molecule has 23 nitrogen and oxygen atoms in total. The summed E-state index contributed by atoms with van der Waals surface area (Å²) in [5.74, 6) is 0.794. The van der Waals surface area contributed by atoms with Gasteiger partial charge in [-0.2, -0.15) is 0 Å². The van der Waals surface area contributed by atoms with E-state index in [1.165, 1.54) is 10.6 Å². The van der Waals surface area contributed by atoms with E-state index in [0.29, 0.717) is 164 Å². The number of piperazine rings is 1. The Morgan fingerprint density at radius 1 is 0.640 bits per heavy atom. The van der Waals surface area contributed by atoms with Gasteiger partial charge in [-0.25, -0.2) is 9.97 Å². The molecule has 4 N–H and O–H groups in total. The van der Waals surface area contributed by atoms with Gasteiger partial charge in [-0.05, 0) is 24.6 Å². The van der Waals surface area contributed by atoms with Gasteiger partial charge in [0.15, 0.2) is 0 Å². The molecule has 424 valence electrons. The first kappa shape index (κ1) is 61.6. The number of fused-ring (bicyclic) bond motifs is 3. The van der Waals surface area contributed by atoms with Crippen LogP contribution >= 0.6 is 0 Å². The molecule has 1 atom stereocenters. The number of pyridine rings is 1. The van der Waals surface area contributed by atoms with Crippen LogP contribution in [0.5, 0.6) is 0 Å². The summed E-state index contributed by atoms with van der Waals surface area (Å²) in [7, 11) is 0. The highest BCUT2D eigenvalue weighted by Gasteiger charge is 2.35. The number of hydrogen-bond acceptors (Lipinski definition) is 20. The minimum atomic E-state index is -0.250. The van der Waals surface area contributed by atoms with Crippen molar-refractivity contribution in [2.75, 3.05) is 215 Å². The Morgan fingerprint density at radius 3 is 1.61 bits per heavy atom. The zero-order valence-corrected chi connectivity index (χ0v) is 44.7. The number of likely N-dealkylation sites (tertiary alicyclic amines) is 1. The van der Waals surface area contributed by atoms with E-state index >= 15 is 0 Å². The van der Waals surface area contributed by atoms with Crippen LogP contribution < -0.4 is 16.0 Å². The van der Waals surface area contributed by atoms with E-state index in [2.05, 4.69) is 50.2 Å². The van der Waals surface area contributed by atoms with Crippen LogP contribution in [0.15, 0.2) is 18.2 Å². The van der Waals surface area contributed by atoms with E-state index < -0.39 is 0 Å². The van der Waals surface area contributed by atoms with Crippen molar-refractivity contribution in [2.24, 2.45) is 5.92 Å². The van der Waals surface area contributed by atoms with Gasteiger partial charge in [0.25, 0.3) is 0 Å². The van der Waals surface area contributed by atoms with Gasteiger partial charge in [-0.1, -0.05) is 20.3 Å². The molecule has 2 fully saturated rings. The molecule has 3 amide bonds. The predicted octanol–water partition coefficient (Wildman–Crippen LogP) is 2.26. The van der Waals surface area contributed by atoms with Crippen LogP contribution in [0.25, 0.3) is 21.9 Å². The lowest BCUT2D eigenvalue weighted by molar-refractivity contribution is -0.140. The zero-order valence-electron chi connectivity index (χ0n) is 44.7. The minimum absolute atomic E-state index is 0.125. The maximum atomic E-state index is 11.9. The van der Waals surface area contributed by atoms with Crippen LogP contribution in [0.1, 0.15) is 45.4 Å². The highest BCUT2D eigenvalue weighted by molar-refractivity contribution is 6.07. The number of imidazole rings is 1. The van der Waals surface area contributed by atoms with Crippen molar-refractivity contribution < 1.29 is 71.2 Å². The highest BCUT2D eigenvalue weighted by Crippen LogP contribution is 2.30. The SMILES string of the molecule is CCCCc1nc2c([nH]1)c(N)nc1ccc(N3CCN(CCOCCOCCOCCOCCOCCOCCOCCOCCOCCOCCC(=O)NCCOCCOCCN4C(=O)CC(C)C4=O)CC3)cc12. The number of imide groups is 1. The van der Waals surface area contributed by atoms with Crippen molar-refractivity contribution >= 4 is 51.2 Å². The molecule has 0 saturated carbocycles. The number of ether oxygens (including phenoxy) is 12. The molecule has 3 aromatic rings. The van der Waals surface area contributed by atoms with Gasteiger partial charge in [-0.3, -0.25) is 24.2 Å². The van der Waals surface area contributed by atoms with Gasteiger partial charge in [0.2, 0.25) is 17.7 Å². The smallest absolute Gasteiger partial charge is 0.232 e. The number of aromatic nitrogens is 3. The van der Waals surface area contributed by atoms with Gasteiger partial charge in [0.05, 0.1) is 171 Å². The molecule has 0 radical (unpaired) electrons. The molecule has 1 unspecified atom stereocenters. The standard InChI is InChI=1S/C52H86N8O15/c1-3-4-5-46-56-49-44-41-43(6-7-45(44)55-51(53)50(49)57-46)59-12-10-58(11-13-59)14-18-66-23-25-69-27-29-71-31-33-73-35-37-75-39-38-74-36-34-72-32-30-70-28-26-68-24-20-64-16-8-47(61)54-9-17-65-21-22-67-19-15-60-48(62)40-42(2)52(60)63/h6-7,41-42H,3-5,8-40H2,1-2H3,(H2,53,55)(H,54,61)(H,56,57). The topological polar surface area (TPSA) is 251 Å². The number of aromatic amines is 1. The Hall–Kier alpha value is -4.21. The van der Waals surface area contributed by atoms with Crippen molar-refractivity contribution in [3.8, 4) is 0 Å². The molecule has 4 heterocycles. The second-order valence-corrected chi connectivity index (χ2v) is 18.0. The van der Waals surface area contributed by atoms with Gasteiger partial charge in [0.1, 0.15) is 22.7 Å². The molecule has 2 aliphatic rings. The average molecular weight is 1060 g/mol. The fourth-order valence-corrected chi connectivity index (χ4v) is 8.04. The molecule has 2 aromatic heterocycles. The summed E-state index contributed by atoms with van der Waals surface area (Å²) in [4.78, 5) is 54.6. The average Bonchev–Trinajstić information content (AvgIpc) is 3.96. The van der Waals surface area contributed by atoms with Crippen LogP contribution in [-0.4, -0.2) is 247 Å². The number of unbranched alkanes of at least 4 members (excludes halogenated alkanes) is 1. The number of carbonyl (C=O) groups excluding carboxylic acids is 3. The third kappa shape index (κ3) is 24.8. The number of nitrogen functional groups attached to an aromatic ring is 1. The third-order valence-corrected chi connectivity index (χ3v) is 12.2. The molecule has 75 heavy (non-hydrogen) atoms. The molecule has 0 bridgehead atoms. The van der Waals surface area contributed by atoms with E-state index in [-0.39, 0.29) is 49.6 Å². The number of rotatable bonds is 46. The Kier molecular flexibility index (Phi) is 31.5. The molecule has 5 rings (SSSR count). The molecule has 0 spiro atoms. The van der Waals surface area contributed by atoms with Gasteiger partial charge >= 0.3 is 0 Å². The van der Waals surface area contributed by atoms with E-state index in [1.54, 1.807) is 6.92 Å². The van der Waals surface area contributed by atoms with Crippen molar-refractivity contribution in [1.29, 1.82) is 0 Å². The summed E-state index contributed by atoms with van der Waals surface area (Å²) < 4.78 is 66.6. The first-order valence-corrected chi connectivity index (χ1v) is 26.9. The Bertz CT molecular complexity index is 2030. The second kappa shape index (κ2) is 38.4. The number of hydrogen-bond donors (Lipinski definition) is 3. The van der Waals surface area contributed by atoms with Crippen LogP contribution in [0, 0.1) is 5.92 Å². The third-order valence-electron chi connectivity index (χ3n) is 12.2. The minimum Gasteiger partial charge on any atom is -0.382 e. The lowest BCUT2D eigenvalue weighted by Crippen LogP contribution is -2.47. The van der Waals surface area contributed by atoms with Crippen LogP contribution in [0.2, 0.25) is 0 Å². The van der Waals surface area contributed by atoms with E-state index in [0.717, 1.165) is 79.7 Å². The summed E-state index contributed by atoms with van der Waals surface area (Å²) in [6, 6.07) is 6.40. The van der Waals surface area contributed by atoms with Gasteiger partial charge in [0, 0.05) is 75.5 Å². The molecule has 2 saturated heterocycles. The van der Waals surface area contributed by atoms with Crippen LogP contribution in [-0.2, 0) is 77.6 Å². The number of H-pyrrole nitrogens is 1. The van der Waals surface area contributed by atoms with Crippen molar-refractivity contribution in [3.05, 3.63) is 24.0 Å². The second-order valence-electron chi connectivity index (χ2n) is 18.0. The van der Waals surface area contributed by atoms with E-state index in [1.807, 2.05) is 0 Å². The Labute approximate surface area is 442 Å².